The highest BCUT2D eigenvalue weighted by molar-refractivity contribution is 5.74. The normalized spacial score (nSPS) is 11.2. The third-order valence-electron chi connectivity index (χ3n) is 4.04. The average Bonchev–Trinajstić information content (AvgIpc) is 2.51. The summed E-state index contributed by atoms with van der Waals surface area (Å²) in [4.78, 5) is 21.9. The van der Waals surface area contributed by atoms with E-state index < -0.39 is 16.3 Å². The molecule has 0 atom stereocenters. The van der Waals surface area contributed by atoms with E-state index in [1.165, 1.54) is 13.2 Å². The molecule has 1 rings (SSSR count). The number of nitro groups is 1. The Morgan fingerprint density at radius 2 is 2.05 bits per heavy atom. The summed E-state index contributed by atoms with van der Waals surface area (Å²) in [5.41, 5.74) is -0.199. The Hall–Kier alpha value is -2.15. The summed E-state index contributed by atoms with van der Waals surface area (Å²) in [6.45, 7) is 4.37. The smallest absolute Gasteiger partial charge is 0.311 e. The number of hydrogen-bond acceptors (Lipinski definition) is 5. The lowest BCUT2D eigenvalue weighted by molar-refractivity contribution is -0.385. The van der Waals surface area contributed by atoms with Crippen LogP contribution in [-0.4, -0.2) is 29.7 Å². The minimum atomic E-state index is -0.828. The van der Waals surface area contributed by atoms with Crippen molar-refractivity contribution in [3.63, 3.8) is 0 Å². The molecule has 22 heavy (non-hydrogen) atoms. The maximum absolute atomic E-state index is 11.4. The summed E-state index contributed by atoms with van der Waals surface area (Å²) in [6.07, 6.45) is 1.04. The van der Waals surface area contributed by atoms with Crippen LogP contribution in [0.1, 0.15) is 32.3 Å². The fraction of sp³-hybridized carbons (Fsp3) is 0.533. The van der Waals surface area contributed by atoms with Crippen LogP contribution in [0.4, 0.5) is 5.69 Å². The molecule has 7 nitrogen and oxygen atoms in total. The number of nitrogens with zero attached hydrogens (tertiary/aromatic N) is 1. The van der Waals surface area contributed by atoms with Gasteiger partial charge in [0.15, 0.2) is 5.75 Å². The van der Waals surface area contributed by atoms with Crippen molar-refractivity contribution in [3.05, 3.63) is 33.9 Å². The van der Waals surface area contributed by atoms with Crippen molar-refractivity contribution in [2.45, 2.75) is 33.2 Å². The molecule has 0 aliphatic heterocycles. The first-order chi connectivity index (χ1) is 10.4. The van der Waals surface area contributed by atoms with Crippen molar-refractivity contribution in [1.29, 1.82) is 0 Å². The maximum Gasteiger partial charge on any atom is 0.311 e. The van der Waals surface area contributed by atoms with Crippen molar-refractivity contribution in [2.24, 2.45) is 5.41 Å². The highest BCUT2D eigenvalue weighted by Crippen LogP contribution is 2.28. The molecular formula is C15H22N2O5. The van der Waals surface area contributed by atoms with Gasteiger partial charge in [-0.2, -0.15) is 0 Å². The number of methoxy groups -OCH3 is 1. The molecule has 0 aliphatic rings. The molecular weight excluding hydrogens is 288 g/mol. The fourth-order valence-corrected chi connectivity index (χ4v) is 2.31. The van der Waals surface area contributed by atoms with Gasteiger partial charge < -0.3 is 15.2 Å². The van der Waals surface area contributed by atoms with Gasteiger partial charge in [0.05, 0.1) is 17.4 Å². The van der Waals surface area contributed by atoms with E-state index in [0.29, 0.717) is 31.5 Å². The molecule has 0 unspecified atom stereocenters. The number of nitro benzene ring substituents is 1. The first-order valence-corrected chi connectivity index (χ1v) is 7.15. The molecule has 0 fully saturated rings. The van der Waals surface area contributed by atoms with Gasteiger partial charge in [0.1, 0.15) is 0 Å². The maximum atomic E-state index is 11.4. The Balaban J connectivity index is 2.78. The molecule has 0 bridgehead atoms. The second kappa shape index (κ2) is 7.74. The summed E-state index contributed by atoms with van der Waals surface area (Å²) in [5, 5.41) is 23.4. The molecule has 0 radical (unpaired) electrons. The summed E-state index contributed by atoms with van der Waals surface area (Å²) in [7, 11) is 1.38. The van der Waals surface area contributed by atoms with E-state index in [4.69, 9.17) is 4.74 Å². The van der Waals surface area contributed by atoms with Gasteiger partial charge in [-0.25, -0.2) is 0 Å². The minimum absolute atomic E-state index is 0.0997. The predicted octanol–water partition coefficient (Wildman–Crippen LogP) is 2.58. The largest absolute Gasteiger partial charge is 0.490 e. The molecule has 0 spiro atoms. The molecule has 7 heteroatoms. The molecule has 0 amide bonds. The van der Waals surface area contributed by atoms with Crippen LogP contribution in [0.25, 0.3) is 0 Å². The zero-order chi connectivity index (χ0) is 16.8. The summed E-state index contributed by atoms with van der Waals surface area (Å²) < 4.78 is 4.95. The number of nitrogens with one attached hydrogen (secondary N) is 1. The number of ether oxygens (including phenoxy) is 1. The van der Waals surface area contributed by atoms with Crippen molar-refractivity contribution >= 4 is 11.7 Å². The van der Waals surface area contributed by atoms with Gasteiger partial charge in [-0.3, -0.25) is 14.9 Å². The van der Waals surface area contributed by atoms with Gasteiger partial charge in [0.2, 0.25) is 0 Å². The molecule has 122 valence electrons. The van der Waals surface area contributed by atoms with Crippen molar-refractivity contribution in [2.75, 3.05) is 13.7 Å². The molecule has 0 aromatic heterocycles. The Morgan fingerprint density at radius 1 is 1.41 bits per heavy atom. The van der Waals surface area contributed by atoms with Crippen LogP contribution in [0.3, 0.4) is 0 Å². The molecule has 1 aromatic carbocycles. The SMILES string of the molecule is CCC(CC)(CNCc1ccc(OC)c([N+](=O)[O-])c1)C(=O)O. The van der Waals surface area contributed by atoms with Crippen LogP contribution in [0, 0.1) is 15.5 Å². The van der Waals surface area contributed by atoms with Crippen LogP contribution in [0.2, 0.25) is 0 Å². The van der Waals surface area contributed by atoms with Gasteiger partial charge >= 0.3 is 11.7 Å². The van der Waals surface area contributed by atoms with E-state index >= 15 is 0 Å². The van der Waals surface area contributed by atoms with Gasteiger partial charge in [-0.1, -0.05) is 19.9 Å². The highest BCUT2D eigenvalue weighted by Gasteiger charge is 2.34. The van der Waals surface area contributed by atoms with E-state index in [2.05, 4.69) is 5.32 Å². The number of hydrogen-bond donors (Lipinski definition) is 2. The first-order valence-electron chi connectivity index (χ1n) is 7.15. The number of carboxylic acid groups (broad SMARTS) is 1. The molecule has 0 heterocycles. The standard InChI is InChI=1S/C15H22N2O5/c1-4-15(5-2,14(18)19)10-16-9-11-6-7-13(22-3)12(8-11)17(20)21/h6-8,16H,4-5,9-10H2,1-3H3,(H,18,19). The molecule has 0 aliphatic carbocycles. The number of carbonyl (C=O) groups is 1. The molecule has 0 saturated heterocycles. The third kappa shape index (κ3) is 3.94. The fourth-order valence-electron chi connectivity index (χ4n) is 2.31. The monoisotopic (exact) mass is 310 g/mol. The number of carboxylic acids is 1. The van der Waals surface area contributed by atoms with Gasteiger partial charge in [0, 0.05) is 19.2 Å². The Morgan fingerprint density at radius 3 is 2.50 bits per heavy atom. The van der Waals surface area contributed by atoms with E-state index in [9.17, 15) is 20.0 Å². The van der Waals surface area contributed by atoms with E-state index in [1.54, 1.807) is 12.1 Å². The first kappa shape index (κ1) is 17.9. The number of rotatable bonds is 9. The lowest BCUT2D eigenvalue weighted by atomic mass is 9.82. The molecule has 0 saturated carbocycles. The lowest BCUT2D eigenvalue weighted by Crippen LogP contribution is -2.40. The third-order valence-corrected chi connectivity index (χ3v) is 4.04. The Bertz CT molecular complexity index is 541. The van der Waals surface area contributed by atoms with Crippen molar-refractivity contribution in [1.82, 2.24) is 5.32 Å². The van der Waals surface area contributed by atoms with Crippen LogP contribution in [0.15, 0.2) is 18.2 Å². The summed E-state index contributed by atoms with van der Waals surface area (Å²) in [6, 6.07) is 4.70. The Labute approximate surface area is 129 Å². The van der Waals surface area contributed by atoms with Crippen molar-refractivity contribution < 1.29 is 19.6 Å². The van der Waals surface area contributed by atoms with Gasteiger partial charge in [-0.05, 0) is 24.5 Å². The van der Waals surface area contributed by atoms with E-state index in [0.717, 1.165) is 0 Å². The zero-order valence-corrected chi connectivity index (χ0v) is 13.1. The topological polar surface area (TPSA) is 102 Å². The lowest BCUT2D eigenvalue weighted by Gasteiger charge is -2.27. The second-order valence-electron chi connectivity index (χ2n) is 5.16. The second-order valence-corrected chi connectivity index (χ2v) is 5.16. The van der Waals surface area contributed by atoms with Crippen LogP contribution < -0.4 is 10.1 Å². The van der Waals surface area contributed by atoms with E-state index in [-0.39, 0.29) is 11.4 Å². The van der Waals surface area contributed by atoms with Crippen LogP contribution >= 0.6 is 0 Å². The predicted molar refractivity (Wildman–Crippen MR) is 82.0 cm³/mol. The van der Waals surface area contributed by atoms with Gasteiger partial charge in [0.25, 0.3) is 0 Å². The zero-order valence-electron chi connectivity index (χ0n) is 13.1. The summed E-state index contributed by atoms with van der Waals surface area (Å²) >= 11 is 0. The van der Waals surface area contributed by atoms with E-state index in [1.807, 2.05) is 13.8 Å². The summed E-state index contributed by atoms with van der Waals surface area (Å²) in [5.74, 6) is -0.624. The number of aliphatic carboxylic acids is 1. The highest BCUT2D eigenvalue weighted by atomic mass is 16.6. The van der Waals surface area contributed by atoms with Gasteiger partial charge in [-0.15, -0.1) is 0 Å². The number of benzene rings is 1. The minimum Gasteiger partial charge on any atom is -0.490 e. The molecule has 2 N–H and O–H groups in total. The average molecular weight is 310 g/mol. The van der Waals surface area contributed by atoms with Crippen LogP contribution in [-0.2, 0) is 11.3 Å². The van der Waals surface area contributed by atoms with Crippen LogP contribution in [0.5, 0.6) is 5.75 Å². The molecule has 1 aromatic rings. The Kier molecular flexibility index (Phi) is 6.30. The van der Waals surface area contributed by atoms with Crippen molar-refractivity contribution in [3.8, 4) is 5.75 Å². The quantitative estimate of drug-likeness (QED) is 0.537.